The zero-order valence-electron chi connectivity index (χ0n) is 57.3. The number of aromatic nitrogens is 1. The van der Waals surface area contributed by atoms with Crippen LogP contribution in [0.1, 0.15) is 149 Å². The average Bonchev–Trinajstić information content (AvgIpc) is 1.82. The number of unbranched alkanes of at least 4 members (excludes halogenated alkanes) is 1. The van der Waals surface area contributed by atoms with Crippen molar-refractivity contribution in [3.8, 4) is 0 Å². The number of amides is 11. The fourth-order valence-electron chi connectivity index (χ4n) is 11.5. The predicted octanol–water partition coefficient (Wildman–Crippen LogP) is 4.32. The smallest absolute Gasteiger partial charge is 0.408 e. The third-order valence-corrected chi connectivity index (χ3v) is 18.1. The molecule has 0 aliphatic carbocycles. The number of carbonyl (C=O) groups excluding carboxylic acids is 10. The maximum Gasteiger partial charge on any atom is 0.408 e. The van der Waals surface area contributed by atoms with Crippen LogP contribution in [0, 0.1) is 23.7 Å². The number of methoxy groups -OCH3 is 2. The highest BCUT2D eigenvalue weighted by Gasteiger charge is 2.44. The number of anilines is 1. The number of hydrogen-bond donors (Lipinski definition) is 11. The average molecular weight is 1350 g/mol. The first kappa shape index (κ1) is 79.6. The van der Waals surface area contributed by atoms with Gasteiger partial charge >= 0.3 is 12.1 Å². The van der Waals surface area contributed by atoms with Gasteiger partial charge in [0.05, 0.1) is 49.3 Å². The van der Waals surface area contributed by atoms with E-state index in [2.05, 4.69) is 47.5 Å². The minimum atomic E-state index is -1.60. The first-order valence-electron chi connectivity index (χ1n) is 32.9. The van der Waals surface area contributed by atoms with Crippen LogP contribution in [0.15, 0.2) is 66.2 Å². The second-order valence-corrected chi connectivity index (χ2v) is 26.4. The topological polar surface area (TPSA) is 386 Å². The standard InChI is InChI=1S/C67H105N13O14S/c1-13-42(6)56(51(92-11)38-53(83)80-34-20-25-50(80)57(93-12)43(7)58(84)75-49(62-70-33-36-95-62)37-44-21-15-14-16-22-44)79(10)63(88)55(41(4)5)77-64(89)67(8,9)78-66(91)94-39-45-26-28-46(29-27-45)72-59(85)48(24-19-32-71-65(69)90)74-61(87)54(40(2)3)76-60(86)47(23-17-18-31-68)73-52(82)30-35-81/h14-16,21-22,26-29,33,36,40-43,47-51,54-57,81H,13,17-20,23-25,30-32,34-35,37-39,68H2,1-12H3,(H,72,85)(H,73,82)(H,74,87)(H,75,84)(H,76,86)(H,77,89)(H,78,91)(H3,69,71,90)/t42-,43+,47-,48-,49-,50-,51+,54-,55-,56-,57+/m0/s1. The fourth-order valence-corrected chi connectivity index (χ4v) is 12.2. The summed E-state index contributed by atoms with van der Waals surface area (Å²) in [5.74, 6) is -5.76. The van der Waals surface area contributed by atoms with E-state index in [-0.39, 0.29) is 69.0 Å². The van der Waals surface area contributed by atoms with E-state index in [9.17, 15) is 53.1 Å². The molecule has 13 N–H and O–H groups in total. The zero-order valence-corrected chi connectivity index (χ0v) is 58.1. The van der Waals surface area contributed by atoms with Crippen LogP contribution < -0.4 is 54.0 Å². The number of urea groups is 1. The molecule has 1 saturated heterocycles. The second-order valence-electron chi connectivity index (χ2n) is 25.5. The molecule has 11 amide bonds. The number of thiazole rings is 1. The molecule has 2 heterocycles. The van der Waals surface area contributed by atoms with E-state index >= 15 is 0 Å². The minimum absolute atomic E-state index is 0.0443. The van der Waals surface area contributed by atoms with Gasteiger partial charge in [-0.25, -0.2) is 14.6 Å². The van der Waals surface area contributed by atoms with Crippen LogP contribution in [0.5, 0.6) is 0 Å². The summed E-state index contributed by atoms with van der Waals surface area (Å²) in [4.78, 5) is 144. The van der Waals surface area contributed by atoms with E-state index in [0.29, 0.717) is 62.9 Å². The van der Waals surface area contributed by atoms with E-state index in [1.165, 1.54) is 37.2 Å². The van der Waals surface area contributed by atoms with Gasteiger partial charge in [-0.3, -0.25) is 38.4 Å². The number of hydrogen-bond acceptors (Lipinski definition) is 17. The normalized spacial score (nSPS) is 16.3. The van der Waals surface area contributed by atoms with Crippen molar-refractivity contribution in [3.63, 3.8) is 0 Å². The third kappa shape index (κ3) is 25.1. The number of primary amides is 1. The Hall–Kier alpha value is -7.79. The van der Waals surface area contributed by atoms with Crippen molar-refractivity contribution in [2.24, 2.45) is 35.1 Å². The Labute approximate surface area is 563 Å². The number of likely N-dealkylation sites (N-methyl/N-ethyl adjacent to an activating group) is 1. The van der Waals surface area contributed by atoms with Gasteiger partial charge in [-0.2, -0.15) is 0 Å². The summed E-state index contributed by atoms with van der Waals surface area (Å²) in [6, 6.07) is 9.54. The number of carbonyl (C=O) groups is 10. The number of benzene rings is 2. The molecule has 28 heteroatoms. The largest absolute Gasteiger partial charge is 0.445 e. The number of alkyl carbamates (subject to hydrolysis) is 1. The van der Waals surface area contributed by atoms with E-state index in [0.717, 1.165) is 10.6 Å². The molecule has 95 heavy (non-hydrogen) atoms. The van der Waals surface area contributed by atoms with Crippen LogP contribution in [0.3, 0.4) is 0 Å². The summed E-state index contributed by atoms with van der Waals surface area (Å²) < 4.78 is 17.7. The van der Waals surface area contributed by atoms with Crippen LogP contribution in [-0.2, 0) is 65.6 Å². The van der Waals surface area contributed by atoms with E-state index in [4.69, 9.17) is 25.7 Å². The molecule has 0 bridgehead atoms. The van der Waals surface area contributed by atoms with Gasteiger partial charge in [0, 0.05) is 58.0 Å². The van der Waals surface area contributed by atoms with Gasteiger partial charge in [-0.05, 0) is 113 Å². The summed E-state index contributed by atoms with van der Waals surface area (Å²) in [6.45, 7) is 15.9. The molecule has 4 rings (SSSR count). The lowest BCUT2D eigenvalue weighted by molar-refractivity contribution is -0.148. The van der Waals surface area contributed by atoms with Crippen molar-refractivity contribution in [2.45, 2.75) is 200 Å². The lowest BCUT2D eigenvalue weighted by Gasteiger charge is -2.41. The summed E-state index contributed by atoms with van der Waals surface area (Å²) in [6.07, 6.45) is 3.11. The van der Waals surface area contributed by atoms with Crippen molar-refractivity contribution in [1.82, 2.24) is 52.0 Å². The van der Waals surface area contributed by atoms with Crippen LogP contribution in [0.25, 0.3) is 0 Å². The van der Waals surface area contributed by atoms with Crippen LogP contribution >= 0.6 is 11.3 Å². The SMILES string of the molecule is CC[C@H](C)[C@@H]([C@@H](CC(=O)N1CCC[C@H]1[C@H](OC)[C@@H](C)C(=O)N[C@@H](Cc1ccccc1)c1nccs1)OC)N(C)C(=O)[C@@H](NC(=O)C(C)(C)NC(=O)OCc1ccc(NC(=O)[C@H](CCCNC(N)=O)NC(=O)[C@@H](NC(=O)[C@H](CCCCN)NC(=O)CCO)C(C)C)cc1)C(C)C. The highest BCUT2D eigenvalue weighted by atomic mass is 32.1. The predicted molar refractivity (Wildman–Crippen MR) is 361 cm³/mol. The van der Waals surface area contributed by atoms with Gasteiger partial charge in [-0.1, -0.05) is 97.4 Å². The summed E-state index contributed by atoms with van der Waals surface area (Å²) in [5.41, 5.74) is 11.1. The number of rotatable bonds is 40. The first-order chi connectivity index (χ1) is 45.1. The zero-order chi connectivity index (χ0) is 70.5. The minimum Gasteiger partial charge on any atom is -0.445 e. The van der Waals surface area contributed by atoms with Crippen molar-refractivity contribution >= 4 is 76.4 Å². The van der Waals surface area contributed by atoms with Crippen LogP contribution in [-0.4, -0.2) is 181 Å². The quantitative estimate of drug-likeness (QED) is 0.0353. The molecule has 1 aliphatic heterocycles. The molecule has 3 aromatic rings. The fraction of sp³-hybridized carbons (Fsp3) is 0.627. The van der Waals surface area contributed by atoms with E-state index < -0.39 is 126 Å². The molecule has 1 aliphatic rings. The number of nitrogens with zero attached hydrogens (tertiary/aromatic N) is 3. The Morgan fingerprint density at radius 1 is 0.789 bits per heavy atom. The van der Waals surface area contributed by atoms with Gasteiger partial charge in [-0.15, -0.1) is 11.3 Å². The number of ether oxygens (including phenoxy) is 3. The summed E-state index contributed by atoms with van der Waals surface area (Å²) in [7, 11) is 4.68. The maximum atomic E-state index is 14.7. The molecule has 11 atom stereocenters. The van der Waals surface area contributed by atoms with E-state index in [1.807, 2.05) is 56.5 Å². The van der Waals surface area contributed by atoms with Crippen LogP contribution in [0.2, 0.25) is 0 Å². The number of likely N-dealkylation sites (tertiary alicyclic amines) is 1. The molecule has 0 unspecified atom stereocenters. The van der Waals surface area contributed by atoms with E-state index in [1.54, 1.807) is 77.2 Å². The molecule has 0 saturated carbocycles. The molecule has 1 fully saturated rings. The van der Waals surface area contributed by atoms with Gasteiger partial charge in [0.15, 0.2) is 0 Å². The summed E-state index contributed by atoms with van der Waals surface area (Å²) in [5, 5.41) is 33.8. The Morgan fingerprint density at radius 3 is 2.04 bits per heavy atom. The molecule has 0 radical (unpaired) electrons. The molecule has 1 aromatic heterocycles. The first-order valence-corrected chi connectivity index (χ1v) is 33.7. The summed E-state index contributed by atoms with van der Waals surface area (Å²) >= 11 is 1.47. The van der Waals surface area contributed by atoms with Gasteiger partial charge in [0.1, 0.15) is 41.3 Å². The van der Waals surface area contributed by atoms with Crippen molar-refractivity contribution in [2.75, 3.05) is 52.8 Å². The number of aliphatic hydroxyl groups is 1. The molecule has 2 aromatic carbocycles. The van der Waals surface area contributed by atoms with Gasteiger partial charge in [0.2, 0.25) is 47.3 Å². The molecular formula is C67H105N13O14S. The van der Waals surface area contributed by atoms with Crippen LogP contribution in [0.4, 0.5) is 15.3 Å². The lowest BCUT2D eigenvalue weighted by atomic mass is 9.89. The molecule has 0 spiro atoms. The number of nitrogens with one attached hydrogen (secondary N) is 8. The number of nitrogens with two attached hydrogens (primary N) is 2. The third-order valence-electron chi connectivity index (χ3n) is 17.2. The maximum absolute atomic E-state index is 14.7. The van der Waals surface area contributed by atoms with Crippen molar-refractivity contribution in [1.29, 1.82) is 0 Å². The Bertz CT molecular complexity index is 2940. The van der Waals surface area contributed by atoms with Gasteiger partial charge in [0.25, 0.3) is 0 Å². The Balaban J connectivity index is 1.38. The molecule has 27 nitrogen and oxygen atoms in total. The lowest BCUT2D eigenvalue weighted by Crippen LogP contribution is -2.62. The monoisotopic (exact) mass is 1350 g/mol. The van der Waals surface area contributed by atoms with Gasteiger partial charge < -0.3 is 83.1 Å². The van der Waals surface area contributed by atoms with Crippen molar-refractivity contribution < 1.29 is 67.3 Å². The highest BCUT2D eigenvalue weighted by Crippen LogP contribution is 2.31. The Kier molecular flexibility index (Phi) is 33.5. The highest BCUT2D eigenvalue weighted by molar-refractivity contribution is 7.09. The molecule has 528 valence electrons. The Morgan fingerprint density at radius 2 is 1.45 bits per heavy atom. The van der Waals surface area contributed by atoms with Crippen molar-refractivity contribution in [3.05, 3.63) is 82.3 Å². The second kappa shape index (κ2) is 39.9. The molecular weight excluding hydrogens is 1240 g/mol. The number of aliphatic hydroxyl groups excluding tert-OH is 1.